The summed E-state index contributed by atoms with van der Waals surface area (Å²) in [6, 6.07) is 4.05. The summed E-state index contributed by atoms with van der Waals surface area (Å²) in [5.41, 5.74) is -0.466. The van der Waals surface area contributed by atoms with Crippen LogP contribution in [0.15, 0.2) is 23.1 Å². The van der Waals surface area contributed by atoms with E-state index in [9.17, 15) is 23.4 Å². The molecule has 188 valence electrons. The monoisotopic (exact) mass is 492 g/mol. The number of benzene rings is 1. The van der Waals surface area contributed by atoms with Gasteiger partial charge in [0.05, 0.1) is 13.2 Å². The fraction of sp³-hybridized carbons (Fsp3) is 0.640. The Hall–Kier alpha value is -2.12. The van der Waals surface area contributed by atoms with Crippen molar-refractivity contribution in [3.63, 3.8) is 0 Å². The highest BCUT2D eigenvalue weighted by molar-refractivity contribution is 7.89. The minimum atomic E-state index is -3.95. The first kappa shape index (κ1) is 26.5. The number of hydrogen-bond acceptors (Lipinski definition) is 6. The van der Waals surface area contributed by atoms with Gasteiger partial charge in [0.15, 0.2) is 0 Å². The van der Waals surface area contributed by atoms with E-state index in [2.05, 4.69) is 11.8 Å². The fourth-order valence-electron chi connectivity index (χ4n) is 4.44. The summed E-state index contributed by atoms with van der Waals surface area (Å²) in [6.45, 7) is 5.46. The van der Waals surface area contributed by atoms with Crippen molar-refractivity contribution in [2.75, 3.05) is 26.7 Å². The van der Waals surface area contributed by atoms with Gasteiger partial charge in [-0.3, -0.25) is 4.79 Å². The van der Waals surface area contributed by atoms with E-state index in [-0.39, 0.29) is 35.6 Å². The van der Waals surface area contributed by atoms with Gasteiger partial charge in [-0.1, -0.05) is 25.7 Å². The Morgan fingerprint density at radius 1 is 1.35 bits per heavy atom. The number of nitrogens with zero attached hydrogens (tertiary/aromatic N) is 2. The number of aliphatic hydroxyl groups is 2. The second-order valence-electron chi connectivity index (χ2n) is 9.52. The SMILES string of the molecule is CCC(=O)N(C)C[C@H]1Oc2cc(C#CC3(O)CCCC3)ccc2S(=O)(=O)N([C@@H](C)CO)C[C@@H]1C. The van der Waals surface area contributed by atoms with Gasteiger partial charge in [-0.2, -0.15) is 4.31 Å². The van der Waals surface area contributed by atoms with Crippen molar-refractivity contribution in [2.24, 2.45) is 5.92 Å². The van der Waals surface area contributed by atoms with Crippen molar-refractivity contribution in [3.05, 3.63) is 23.8 Å². The molecule has 0 aromatic heterocycles. The highest BCUT2D eigenvalue weighted by Gasteiger charge is 2.38. The zero-order valence-electron chi connectivity index (χ0n) is 20.5. The van der Waals surface area contributed by atoms with E-state index in [0.717, 1.165) is 12.8 Å². The fourth-order valence-corrected chi connectivity index (χ4v) is 6.26. The predicted molar refractivity (Wildman–Crippen MR) is 129 cm³/mol. The van der Waals surface area contributed by atoms with Crippen LogP contribution in [0.1, 0.15) is 58.4 Å². The third-order valence-corrected chi connectivity index (χ3v) is 8.74. The summed E-state index contributed by atoms with van der Waals surface area (Å²) in [4.78, 5) is 13.8. The number of carbonyl (C=O) groups is 1. The van der Waals surface area contributed by atoms with Crippen molar-refractivity contribution < 1.29 is 28.2 Å². The molecule has 1 aromatic carbocycles. The van der Waals surface area contributed by atoms with Crippen LogP contribution < -0.4 is 4.74 Å². The first-order valence-corrected chi connectivity index (χ1v) is 13.4. The average molecular weight is 493 g/mol. The topological polar surface area (TPSA) is 107 Å². The molecule has 1 aliphatic heterocycles. The van der Waals surface area contributed by atoms with Gasteiger partial charge in [0.1, 0.15) is 22.4 Å². The number of rotatable bonds is 5. The Kier molecular flexibility index (Phi) is 8.30. The third-order valence-electron chi connectivity index (χ3n) is 6.72. The molecule has 1 fully saturated rings. The largest absolute Gasteiger partial charge is 0.487 e. The van der Waals surface area contributed by atoms with Gasteiger partial charge in [0.25, 0.3) is 0 Å². The van der Waals surface area contributed by atoms with E-state index in [0.29, 0.717) is 31.4 Å². The normalized spacial score (nSPS) is 24.5. The molecule has 3 rings (SSSR count). The predicted octanol–water partition coefficient (Wildman–Crippen LogP) is 1.98. The molecule has 1 heterocycles. The zero-order valence-corrected chi connectivity index (χ0v) is 21.3. The van der Waals surface area contributed by atoms with Gasteiger partial charge in [0, 0.05) is 37.5 Å². The molecule has 1 amide bonds. The second kappa shape index (κ2) is 10.6. The maximum atomic E-state index is 13.5. The quantitative estimate of drug-likeness (QED) is 0.609. The molecule has 2 N–H and O–H groups in total. The number of aliphatic hydroxyl groups excluding tert-OH is 1. The number of ether oxygens (including phenoxy) is 1. The molecule has 1 aliphatic carbocycles. The average Bonchev–Trinajstić information content (AvgIpc) is 3.25. The van der Waals surface area contributed by atoms with E-state index in [1.807, 2.05) is 6.92 Å². The maximum absolute atomic E-state index is 13.5. The van der Waals surface area contributed by atoms with Gasteiger partial charge >= 0.3 is 0 Å². The van der Waals surface area contributed by atoms with Crippen LogP contribution in [0.3, 0.4) is 0 Å². The smallest absolute Gasteiger partial charge is 0.247 e. The van der Waals surface area contributed by atoms with Crippen molar-refractivity contribution in [1.29, 1.82) is 0 Å². The Bertz CT molecular complexity index is 1050. The van der Waals surface area contributed by atoms with Crippen LogP contribution in [0.25, 0.3) is 0 Å². The number of carbonyl (C=O) groups excluding carboxylic acids is 1. The highest BCUT2D eigenvalue weighted by atomic mass is 32.2. The summed E-state index contributed by atoms with van der Waals surface area (Å²) >= 11 is 0. The third kappa shape index (κ3) is 5.74. The molecule has 0 unspecified atom stereocenters. The first-order valence-electron chi connectivity index (χ1n) is 11.9. The van der Waals surface area contributed by atoms with Gasteiger partial charge in [-0.25, -0.2) is 8.42 Å². The lowest BCUT2D eigenvalue weighted by Gasteiger charge is -2.37. The minimum Gasteiger partial charge on any atom is -0.487 e. The van der Waals surface area contributed by atoms with Crippen LogP contribution in [-0.4, -0.2) is 78.2 Å². The van der Waals surface area contributed by atoms with Gasteiger partial charge in [-0.15, -0.1) is 0 Å². The van der Waals surface area contributed by atoms with Gasteiger partial charge in [0.2, 0.25) is 15.9 Å². The molecule has 9 heteroatoms. The summed E-state index contributed by atoms with van der Waals surface area (Å²) < 4.78 is 34.6. The molecule has 8 nitrogen and oxygen atoms in total. The van der Waals surface area contributed by atoms with Crippen molar-refractivity contribution in [3.8, 4) is 17.6 Å². The number of likely N-dealkylation sites (N-methyl/N-ethyl adjacent to an activating group) is 1. The van der Waals surface area contributed by atoms with E-state index in [4.69, 9.17) is 4.74 Å². The van der Waals surface area contributed by atoms with E-state index in [1.165, 1.54) is 10.4 Å². The number of amides is 1. The lowest BCUT2D eigenvalue weighted by molar-refractivity contribution is -0.131. The Morgan fingerprint density at radius 3 is 2.65 bits per heavy atom. The maximum Gasteiger partial charge on any atom is 0.247 e. The van der Waals surface area contributed by atoms with Crippen LogP contribution in [-0.2, 0) is 14.8 Å². The van der Waals surface area contributed by atoms with Crippen LogP contribution in [0.2, 0.25) is 0 Å². The standard InChI is InChI=1S/C25H36N2O6S/c1-5-24(29)26(4)16-22-18(2)15-27(19(3)17-28)34(31,32)23-9-8-20(14-21(23)33-22)10-13-25(30)11-6-7-12-25/h8-9,14,18-19,22,28,30H,5-7,11-12,15-17H2,1-4H3/t18-,19-,22+/m0/s1. The molecule has 1 aromatic rings. The molecule has 0 radical (unpaired) electrons. The van der Waals surface area contributed by atoms with Crippen LogP contribution in [0.5, 0.6) is 5.75 Å². The highest BCUT2D eigenvalue weighted by Crippen LogP contribution is 2.34. The van der Waals surface area contributed by atoms with E-state index < -0.39 is 27.8 Å². The molecule has 1 saturated carbocycles. The minimum absolute atomic E-state index is 0.000649. The summed E-state index contributed by atoms with van der Waals surface area (Å²) in [6.07, 6.45) is 3.00. The molecular weight excluding hydrogens is 456 g/mol. The summed E-state index contributed by atoms with van der Waals surface area (Å²) in [5, 5.41) is 20.3. The lowest BCUT2D eigenvalue weighted by atomic mass is 10.0. The Balaban J connectivity index is 2.05. The van der Waals surface area contributed by atoms with Gasteiger partial charge < -0.3 is 19.8 Å². The second-order valence-corrected chi connectivity index (χ2v) is 11.4. The van der Waals surface area contributed by atoms with E-state index in [1.54, 1.807) is 37.9 Å². The Morgan fingerprint density at radius 2 is 2.03 bits per heavy atom. The molecule has 0 spiro atoms. The molecule has 2 aliphatic rings. The summed E-state index contributed by atoms with van der Waals surface area (Å²) in [7, 11) is -2.24. The Labute approximate surface area is 202 Å². The van der Waals surface area contributed by atoms with Crippen molar-refractivity contribution in [2.45, 2.75) is 75.5 Å². The van der Waals surface area contributed by atoms with Crippen LogP contribution in [0, 0.1) is 17.8 Å². The lowest BCUT2D eigenvalue weighted by Crippen LogP contribution is -2.50. The number of sulfonamides is 1. The van der Waals surface area contributed by atoms with Crippen molar-refractivity contribution in [1.82, 2.24) is 9.21 Å². The van der Waals surface area contributed by atoms with Crippen LogP contribution >= 0.6 is 0 Å². The number of fused-ring (bicyclic) bond motifs is 1. The van der Waals surface area contributed by atoms with Gasteiger partial charge in [-0.05, 0) is 50.8 Å². The molecule has 34 heavy (non-hydrogen) atoms. The molecule has 3 atom stereocenters. The van der Waals surface area contributed by atoms with Crippen molar-refractivity contribution >= 4 is 15.9 Å². The van der Waals surface area contributed by atoms with E-state index >= 15 is 0 Å². The first-order chi connectivity index (χ1) is 16.0. The summed E-state index contributed by atoms with van der Waals surface area (Å²) in [5.74, 6) is 5.81. The molecular formula is C25H36N2O6S. The van der Waals surface area contributed by atoms with Crippen LogP contribution in [0.4, 0.5) is 0 Å². The number of hydrogen-bond donors (Lipinski definition) is 2. The zero-order chi connectivity index (χ0) is 25.1. The molecule has 0 bridgehead atoms. The molecule has 0 saturated heterocycles.